The molecule has 0 N–H and O–H groups in total. The highest BCUT2D eigenvalue weighted by Gasteiger charge is 2.42. The molecule has 2 aliphatic rings. The van der Waals surface area contributed by atoms with E-state index in [-0.39, 0.29) is 24.8 Å². The molecule has 2 fully saturated rings. The molecule has 1 unspecified atom stereocenters. The molecule has 2 saturated heterocycles. The summed E-state index contributed by atoms with van der Waals surface area (Å²) in [7, 11) is 0. The van der Waals surface area contributed by atoms with Gasteiger partial charge in [-0.25, -0.2) is 0 Å². The first-order chi connectivity index (χ1) is 11.4. The Morgan fingerprint density at radius 1 is 0.870 bits per heavy atom. The van der Waals surface area contributed by atoms with Crippen molar-refractivity contribution in [2.24, 2.45) is 0 Å². The van der Waals surface area contributed by atoms with Gasteiger partial charge in [0.05, 0.1) is 19.3 Å². The van der Waals surface area contributed by atoms with Crippen molar-refractivity contribution in [3.8, 4) is 0 Å². The van der Waals surface area contributed by atoms with Gasteiger partial charge in [-0.05, 0) is 5.56 Å². The number of fused-ring (bicyclic) bond motifs is 1. The molecule has 0 spiro atoms. The number of rotatable bonds is 4. The predicted octanol–water partition coefficient (Wildman–Crippen LogP) is 3.43. The normalized spacial score (nSPS) is 30.1. The largest absolute Gasteiger partial charge is 0.348 e. The first kappa shape index (κ1) is 14.8. The molecule has 2 heterocycles. The van der Waals surface area contributed by atoms with E-state index >= 15 is 0 Å². The van der Waals surface area contributed by atoms with Crippen molar-refractivity contribution >= 4 is 0 Å². The molecule has 0 aromatic heterocycles. The molecule has 0 radical (unpaired) electrons. The molecule has 2 aromatic carbocycles. The van der Waals surface area contributed by atoms with Crippen LogP contribution in [0.2, 0.25) is 0 Å². The summed E-state index contributed by atoms with van der Waals surface area (Å²) in [6.45, 7) is 1.09. The number of hydrogen-bond acceptors (Lipinski definition) is 4. The lowest BCUT2D eigenvalue weighted by Crippen LogP contribution is -2.37. The Hall–Kier alpha value is -1.72. The van der Waals surface area contributed by atoms with Gasteiger partial charge in [-0.3, -0.25) is 0 Å². The smallest absolute Gasteiger partial charge is 0.184 e. The van der Waals surface area contributed by atoms with E-state index in [1.807, 2.05) is 60.7 Å². The minimum absolute atomic E-state index is 0.0229. The van der Waals surface area contributed by atoms with Crippen molar-refractivity contribution in [3.63, 3.8) is 0 Å². The molecule has 0 bridgehead atoms. The zero-order valence-electron chi connectivity index (χ0n) is 12.8. The van der Waals surface area contributed by atoms with Crippen LogP contribution in [0.1, 0.15) is 23.8 Å². The van der Waals surface area contributed by atoms with Gasteiger partial charge in [-0.15, -0.1) is 0 Å². The van der Waals surface area contributed by atoms with Crippen LogP contribution in [-0.4, -0.2) is 25.1 Å². The maximum Gasteiger partial charge on any atom is 0.184 e. The second-order valence-corrected chi connectivity index (χ2v) is 5.89. The van der Waals surface area contributed by atoms with Crippen LogP contribution in [0, 0.1) is 0 Å². The highest BCUT2D eigenvalue weighted by Crippen LogP contribution is 2.35. The van der Waals surface area contributed by atoms with Crippen LogP contribution in [0.15, 0.2) is 60.7 Å². The zero-order chi connectivity index (χ0) is 15.5. The molecule has 4 heteroatoms. The van der Waals surface area contributed by atoms with Crippen LogP contribution >= 0.6 is 0 Å². The summed E-state index contributed by atoms with van der Waals surface area (Å²) in [6, 6.07) is 20.1. The van der Waals surface area contributed by atoms with Crippen molar-refractivity contribution in [3.05, 3.63) is 71.8 Å². The van der Waals surface area contributed by atoms with Gasteiger partial charge in [0.1, 0.15) is 6.10 Å². The molecule has 4 atom stereocenters. The molecule has 0 saturated carbocycles. The third kappa shape index (κ3) is 3.46. The van der Waals surface area contributed by atoms with Gasteiger partial charge < -0.3 is 18.9 Å². The summed E-state index contributed by atoms with van der Waals surface area (Å²) in [5.74, 6) is 0. The molecule has 0 aliphatic carbocycles. The summed E-state index contributed by atoms with van der Waals surface area (Å²) >= 11 is 0. The standard InChI is InChI=1S/C19H20O4/c1-3-7-14(8-4-1)12-20-18-11-16-17(22-18)13-21-19(23-16)15-9-5-2-6-10-15/h1-10,16-19H,11-13H2/t16-,17-,18+,19?/m1/s1. The fourth-order valence-corrected chi connectivity index (χ4v) is 3.01. The Labute approximate surface area is 135 Å². The molecular weight excluding hydrogens is 292 g/mol. The first-order valence-corrected chi connectivity index (χ1v) is 8.01. The lowest BCUT2D eigenvalue weighted by atomic mass is 10.1. The van der Waals surface area contributed by atoms with E-state index < -0.39 is 0 Å². The third-order valence-corrected chi connectivity index (χ3v) is 4.23. The second-order valence-electron chi connectivity index (χ2n) is 5.89. The van der Waals surface area contributed by atoms with E-state index in [9.17, 15) is 0 Å². The highest BCUT2D eigenvalue weighted by atomic mass is 16.7. The summed E-state index contributed by atoms with van der Waals surface area (Å²) in [6.07, 6.45) is 0.173. The molecule has 0 amide bonds. The fraction of sp³-hybridized carbons (Fsp3) is 0.368. The van der Waals surface area contributed by atoms with Crippen LogP contribution < -0.4 is 0 Å². The molecule has 23 heavy (non-hydrogen) atoms. The lowest BCUT2D eigenvalue weighted by Gasteiger charge is -2.31. The van der Waals surface area contributed by atoms with E-state index in [4.69, 9.17) is 18.9 Å². The monoisotopic (exact) mass is 312 g/mol. The molecule has 2 aliphatic heterocycles. The minimum Gasteiger partial charge on any atom is -0.348 e. The number of benzene rings is 2. The summed E-state index contributed by atoms with van der Waals surface area (Å²) in [5, 5.41) is 0. The zero-order valence-corrected chi connectivity index (χ0v) is 12.8. The first-order valence-electron chi connectivity index (χ1n) is 8.01. The maximum atomic E-state index is 6.05. The molecule has 2 aromatic rings. The van der Waals surface area contributed by atoms with Crippen molar-refractivity contribution in [2.75, 3.05) is 6.61 Å². The Kier molecular flexibility index (Phi) is 4.39. The number of hydrogen-bond donors (Lipinski definition) is 0. The molecular formula is C19H20O4. The van der Waals surface area contributed by atoms with Gasteiger partial charge in [0, 0.05) is 12.0 Å². The van der Waals surface area contributed by atoms with E-state index in [2.05, 4.69) is 0 Å². The maximum absolute atomic E-state index is 6.05. The van der Waals surface area contributed by atoms with Crippen LogP contribution in [0.3, 0.4) is 0 Å². The summed E-state index contributed by atoms with van der Waals surface area (Å²) in [4.78, 5) is 0. The van der Waals surface area contributed by atoms with Crippen LogP contribution in [0.25, 0.3) is 0 Å². The Morgan fingerprint density at radius 3 is 2.39 bits per heavy atom. The van der Waals surface area contributed by atoms with Crippen LogP contribution in [0.5, 0.6) is 0 Å². The van der Waals surface area contributed by atoms with Gasteiger partial charge in [0.25, 0.3) is 0 Å². The van der Waals surface area contributed by atoms with Gasteiger partial charge in [-0.2, -0.15) is 0 Å². The minimum atomic E-state index is -0.311. The van der Waals surface area contributed by atoms with Crippen molar-refractivity contribution < 1.29 is 18.9 Å². The van der Waals surface area contributed by atoms with Crippen molar-refractivity contribution in [2.45, 2.75) is 37.8 Å². The van der Waals surface area contributed by atoms with E-state index in [0.717, 1.165) is 17.5 Å². The Morgan fingerprint density at radius 2 is 1.61 bits per heavy atom. The number of ether oxygens (including phenoxy) is 4. The lowest BCUT2D eigenvalue weighted by molar-refractivity contribution is -0.250. The van der Waals surface area contributed by atoms with Gasteiger partial charge >= 0.3 is 0 Å². The van der Waals surface area contributed by atoms with Gasteiger partial charge in [-0.1, -0.05) is 60.7 Å². The van der Waals surface area contributed by atoms with Crippen molar-refractivity contribution in [1.29, 1.82) is 0 Å². The van der Waals surface area contributed by atoms with Crippen molar-refractivity contribution in [1.82, 2.24) is 0 Å². The SMILES string of the molecule is c1ccc(CO[C@@H]2C[C@H]3OC(c4ccccc4)OC[C@H]3O2)cc1. The molecule has 120 valence electrons. The molecule has 4 nitrogen and oxygen atoms in total. The fourth-order valence-electron chi connectivity index (χ4n) is 3.01. The summed E-state index contributed by atoms with van der Waals surface area (Å²) < 4.78 is 23.6. The van der Waals surface area contributed by atoms with Gasteiger partial charge in [0.2, 0.25) is 0 Å². The molecule has 4 rings (SSSR count). The van der Waals surface area contributed by atoms with Crippen LogP contribution in [-0.2, 0) is 25.6 Å². The topological polar surface area (TPSA) is 36.9 Å². The summed E-state index contributed by atoms with van der Waals surface area (Å²) in [5.41, 5.74) is 2.19. The average molecular weight is 312 g/mol. The average Bonchev–Trinajstić information content (AvgIpc) is 3.04. The van der Waals surface area contributed by atoms with E-state index in [1.165, 1.54) is 0 Å². The highest BCUT2D eigenvalue weighted by molar-refractivity contribution is 5.16. The van der Waals surface area contributed by atoms with Gasteiger partial charge in [0.15, 0.2) is 12.6 Å². The Balaban J connectivity index is 1.33. The predicted molar refractivity (Wildman–Crippen MR) is 84.5 cm³/mol. The van der Waals surface area contributed by atoms with E-state index in [0.29, 0.717) is 13.2 Å². The second kappa shape index (κ2) is 6.81. The van der Waals surface area contributed by atoms with E-state index in [1.54, 1.807) is 0 Å². The quantitative estimate of drug-likeness (QED) is 0.867. The third-order valence-electron chi connectivity index (χ3n) is 4.23. The van der Waals surface area contributed by atoms with Crippen LogP contribution in [0.4, 0.5) is 0 Å². The Bertz CT molecular complexity index is 616.